The van der Waals surface area contributed by atoms with Gasteiger partial charge in [-0.2, -0.15) is 5.10 Å². The first-order valence-electron chi connectivity index (χ1n) is 7.50. The van der Waals surface area contributed by atoms with Crippen LogP contribution in [0.15, 0.2) is 32.8 Å². The van der Waals surface area contributed by atoms with Gasteiger partial charge < -0.3 is 23.2 Å². The fourth-order valence-corrected chi connectivity index (χ4v) is 2.68. The molecule has 1 N–H and O–H groups in total. The van der Waals surface area contributed by atoms with Gasteiger partial charge in [-0.15, -0.1) is 0 Å². The van der Waals surface area contributed by atoms with E-state index in [1.165, 1.54) is 14.2 Å². The second-order valence-corrected chi connectivity index (χ2v) is 6.42. The standard InChI is InChI=1S/C15H15N3O10S/c1-25-10-6-9(12(18(20)21)14(27-3)13(10)26-2)15(19)17-16-7-8-4-5-11(28-8)29(22,23)24/h4-7H,1-3H3,(H,17,19)(H,22,23,24)/p-1. The number of nitro benzene ring substituents is 1. The Morgan fingerprint density at radius 2 is 1.86 bits per heavy atom. The van der Waals surface area contributed by atoms with Gasteiger partial charge >= 0.3 is 5.69 Å². The molecule has 0 saturated carbocycles. The molecule has 0 spiro atoms. The number of hydrogen-bond donors (Lipinski definition) is 1. The third-order valence-electron chi connectivity index (χ3n) is 3.44. The molecule has 0 aliphatic carbocycles. The number of methoxy groups -OCH3 is 3. The van der Waals surface area contributed by atoms with Gasteiger partial charge in [-0.1, -0.05) is 0 Å². The summed E-state index contributed by atoms with van der Waals surface area (Å²) in [6.45, 7) is 0. The van der Waals surface area contributed by atoms with Crippen LogP contribution in [0.25, 0.3) is 0 Å². The van der Waals surface area contributed by atoms with Gasteiger partial charge in [-0.25, -0.2) is 13.8 Å². The van der Waals surface area contributed by atoms with Crippen molar-refractivity contribution in [2.24, 2.45) is 5.10 Å². The molecule has 0 radical (unpaired) electrons. The van der Waals surface area contributed by atoms with Gasteiger partial charge in [0, 0.05) is 6.07 Å². The van der Waals surface area contributed by atoms with Crippen LogP contribution in [-0.2, 0) is 10.1 Å². The highest BCUT2D eigenvalue weighted by molar-refractivity contribution is 7.85. The largest absolute Gasteiger partial charge is 0.742 e. The van der Waals surface area contributed by atoms with Crippen LogP contribution in [0.3, 0.4) is 0 Å². The molecule has 14 heteroatoms. The lowest BCUT2D eigenvalue weighted by Gasteiger charge is -2.14. The Bertz CT molecular complexity index is 1070. The number of nitrogens with one attached hydrogen (secondary N) is 1. The Morgan fingerprint density at radius 3 is 2.34 bits per heavy atom. The van der Waals surface area contributed by atoms with Crippen LogP contribution in [0, 0.1) is 10.1 Å². The summed E-state index contributed by atoms with van der Waals surface area (Å²) in [6, 6.07) is 3.11. The Labute approximate surface area is 163 Å². The number of furan rings is 1. The van der Waals surface area contributed by atoms with Gasteiger partial charge in [-0.3, -0.25) is 14.9 Å². The molecule has 156 valence electrons. The normalized spacial score (nSPS) is 11.3. The highest BCUT2D eigenvalue weighted by Gasteiger charge is 2.32. The number of amides is 1. The fourth-order valence-electron chi connectivity index (χ4n) is 2.25. The maximum Gasteiger partial charge on any atom is 0.327 e. The molecule has 1 aromatic heterocycles. The molecule has 2 aromatic rings. The summed E-state index contributed by atoms with van der Waals surface area (Å²) in [5.74, 6) is -1.57. The van der Waals surface area contributed by atoms with Gasteiger partial charge in [0.15, 0.2) is 15.9 Å². The number of benzene rings is 1. The van der Waals surface area contributed by atoms with E-state index in [0.29, 0.717) is 0 Å². The second-order valence-electron chi connectivity index (χ2n) is 5.11. The average Bonchev–Trinajstić information content (AvgIpc) is 3.15. The third kappa shape index (κ3) is 4.61. The molecular formula is C15H14N3O10S-. The molecule has 0 atom stereocenters. The molecule has 1 heterocycles. The van der Waals surface area contributed by atoms with Crippen LogP contribution in [0.1, 0.15) is 16.1 Å². The van der Waals surface area contributed by atoms with E-state index in [1.807, 2.05) is 5.43 Å². The van der Waals surface area contributed by atoms with Gasteiger partial charge in [0.1, 0.15) is 11.3 Å². The minimum Gasteiger partial charge on any atom is -0.742 e. The first kappa shape index (κ1) is 21.6. The van der Waals surface area contributed by atoms with Crippen molar-refractivity contribution in [2.45, 2.75) is 5.09 Å². The molecule has 13 nitrogen and oxygen atoms in total. The first-order chi connectivity index (χ1) is 13.6. The fraction of sp³-hybridized carbons (Fsp3) is 0.200. The SMILES string of the molecule is COc1cc(C(=O)NN=Cc2ccc(S(=O)(=O)[O-])o2)c([N+](=O)[O-])c(OC)c1OC. The van der Waals surface area contributed by atoms with Crippen molar-refractivity contribution in [1.29, 1.82) is 0 Å². The van der Waals surface area contributed by atoms with Gasteiger partial charge in [0.05, 0.1) is 32.5 Å². The first-order valence-corrected chi connectivity index (χ1v) is 8.91. The number of hydrogen-bond acceptors (Lipinski definition) is 11. The van der Waals surface area contributed by atoms with Crippen LogP contribution in [0.2, 0.25) is 0 Å². The minimum absolute atomic E-state index is 0.000378. The second kappa shape index (κ2) is 8.57. The number of ether oxygens (including phenoxy) is 3. The minimum atomic E-state index is -4.78. The van der Waals surface area contributed by atoms with Crippen molar-refractivity contribution in [2.75, 3.05) is 21.3 Å². The number of nitrogens with zero attached hydrogens (tertiary/aromatic N) is 2. The molecule has 0 aliphatic rings. The van der Waals surface area contributed by atoms with E-state index < -0.39 is 37.3 Å². The Morgan fingerprint density at radius 1 is 1.21 bits per heavy atom. The van der Waals surface area contributed by atoms with Gasteiger partial charge in [0.2, 0.25) is 16.6 Å². The predicted molar refractivity (Wildman–Crippen MR) is 94.5 cm³/mol. The van der Waals surface area contributed by atoms with Crippen molar-refractivity contribution in [1.82, 2.24) is 5.43 Å². The smallest absolute Gasteiger partial charge is 0.327 e. The molecular weight excluding hydrogens is 414 g/mol. The molecule has 29 heavy (non-hydrogen) atoms. The van der Waals surface area contributed by atoms with Crippen LogP contribution >= 0.6 is 0 Å². The van der Waals surface area contributed by atoms with Crippen molar-refractivity contribution in [3.63, 3.8) is 0 Å². The molecule has 0 unspecified atom stereocenters. The van der Waals surface area contributed by atoms with Crippen LogP contribution in [-0.4, -0.2) is 51.3 Å². The van der Waals surface area contributed by atoms with Gasteiger partial charge in [0.25, 0.3) is 5.91 Å². The lowest BCUT2D eigenvalue weighted by molar-refractivity contribution is -0.386. The zero-order valence-corrected chi connectivity index (χ0v) is 16.0. The number of hydrazone groups is 1. The van der Waals surface area contributed by atoms with Crippen molar-refractivity contribution < 1.29 is 41.3 Å². The highest BCUT2D eigenvalue weighted by atomic mass is 32.2. The van der Waals surface area contributed by atoms with Crippen LogP contribution in [0.4, 0.5) is 5.69 Å². The highest BCUT2D eigenvalue weighted by Crippen LogP contribution is 2.46. The molecule has 0 fully saturated rings. The summed E-state index contributed by atoms with van der Waals surface area (Å²) in [4.78, 5) is 23.0. The summed E-state index contributed by atoms with van der Waals surface area (Å²) in [5, 5.41) is 14.2. The summed E-state index contributed by atoms with van der Waals surface area (Å²) >= 11 is 0. The summed E-state index contributed by atoms with van der Waals surface area (Å²) in [7, 11) is -1.12. The van der Waals surface area contributed by atoms with E-state index in [-0.39, 0.29) is 23.0 Å². The Balaban J connectivity index is 2.37. The van der Waals surface area contributed by atoms with E-state index in [0.717, 1.165) is 31.5 Å². The molecule has 0 aliphatic heterocycles. The monoisotopic (exact) mass is 428 g/mol. The van der Waals surface area contributed by atoms with E-state index in [1.54, 1.807) is 0 Å². The van der Waals surface area contributed by atoms with Crippen molar-refractivity contribution in [3.05, 3.63) is 39.6 Å². The zero-order valence-electron chi connectivity index (χ0n) is 15.2. The zero-order chi connectivity index (χ0) is 21.8. The lowest BCUT2D eigenvalue weighted by Crippen LogP contribution is -2.19. The van der Waals surface area contributed by atoms with E-state index in [2.05, 4.69) is 5.10 Å². The maximum atomic E-state index is 12.4. The van der Waals surface area contributed by atoms with E-state index in [9.17, 15) is 27.9 Å². The third-order valence-corrected chi connectivity index (χ3v) is 4.15. The molecule has 0 bridgehead atoms. The lowest BCUT2D eigenvalue weighted by atomic mass is 10.1. The van der Waals surface area contributed by atoms with E-state index in [4.69, 9.17) is 18.6 Å². The Hall–Kier alpha value is -3.65. The van der Waals surface area contributed by atoms with Crippen LogP contribution < -0.4 is 19.6 Å². The average molecular weight is 428 g/mol. The van der Waals surface area contributed by atoms with Crippen LogP contribution in [0.5, 0.6) is 17.2 Å². The van der Waals surface area contributed by atoms with Gasteiger partial charge in [-0.05, 0) is 12.1 Å². The number of carbonyl (C=O) groups excluding carboxylic acids is 1. The predicted octanol–water partition coefficient (Wildman–Crippen LogP) is 0.882. The molecule has 1 amide bonds. The van der Waals surface area contributed by atoms with Crippen molar-refractivity contribution in [3.8, 4) is 17.2 Å². The molecule has 0 saturated heterocycles. The number of carbonyl (C=O) groups is 1. The number of rotatable bonds is 8. The summed E-state index contributed by atoms with van der Waals surface area (Å²) in [5.41, 5.74) is 0.892. The summed E-state index contributed by atoms with van der Waals surface area (Å²) < 4.78 is 52.3. The van der Waals surface area contributed by atoms with Crippen molar-refractivity contribution >= 4 is 27.9 Å². The molecule has 2 rings (SSSR count). The number of nitro groups is 1. The topological polar surface area (TPSA) is 183 Å². The summed E-state index contributed by atoms with van der Waals surface area (Å²) in [6.07, 6.45) is 0.899. The van der Waals surface area contributed by atoms with E-state index >= 15 is 0 Å². The molecule has 1 aromatic carbocycles. The quantitative estimate of drug-likeness (QED) is 0.274. The Kier molecular flexibility index (Phi) is 6.40. The maximum absolute atomic E-state index is 12.4.